The predicted octanol–water partition coefficient (Wildman–Crippen LogP) is 4.53. The van der Waals surface area contributed by atoms with Crippen molar-refractivity contribution < 1.29 is 29.0 Å². The van der Waals surface area contributed by atoms with Gasteiger partial charge < -0.3 is 14.6 Å². The third kappa shape index (κ3) is 3.93. The van der Waals surface area contributed by atoms with Crippen molar-refractivity contribution in [2.24, 2.45) is 0 Å². The zero-order chi connectivity index (χ0) is 24.6. The summed E-state index contributed by atoms with van der Waals surface area (Å²) in [4.78, 5) is 44.3. The first-order valence-electron chi connectivity index (χ1n) is 10.0. The maximum Gasteiger partial charge on any atom is 0.350 e. The monoisotopic (exact) mass is 498 g/mol. The summed E-state index contributed by atoms with van der Waals surface area (Å²) in [7, 11) is 2.71. The van der Waals surface area contributed by atoms with Crippen molar-refractivity contribution in [1.82, 2.24) is 4.98 Å². The molecule has 1 aromatic heterocycles. The number of aliphatic hydroxyl groups excluding tert-OH is 1. The molecular weight excluding hydrogens is 480 g/mol. The summed E-state index contributed by atoms with van der Waals surface area (Å²) in [6.07, 6.45) is 0. The molecule has 1 aliphatic heterocycles. The van der Waals surface area contributed by atoms with E-state index in [2.05, 4.69) is 4.98 Å². The van der Waals surface area contributed by atoms with Gasteiger partial charge in [0.2, 0.25) is 0 Å². The summed E-state index contributed by atoms with van der Waals surface area (Å²) in [6.45, 7) is 1.61. The molecule has 4 rings (SSSR count). The molecule has 1 N–H and O–H groups in total. The van der Waals surface area contributed by atoms with Crippen LogP contribution in [0.2, 0.25) is 5.02 Å². The van der Waals surface area contributed by atoms with Crippen molar-refractivity contribution >= 4 is 51.5 Å². The molecule has 2 heterocycles. The molecule has 0 spiro atoms. The number of hydrogen-bond acceptors (Lipinski definition) is 8. The molecule has 0 aliphatic carbocycles. The zero-order valence-corrected chi connectivity index (χ0v) is 19.9. The van der Waals surface area contributed by atoms with Gasteiger partial charge in [0.1, 0.15) is 16.4 Å². The number of nitrogens with zero attached hydrogens (tertiary/aromatic N) is 2. The minimum atomic E-state index is -0.974. The number of aryl methyl sites for hydroxylation is 1. The second kappa shape index (κ2) is 9.28. The van der Waals surface area contributed by atoms with Crippen molar-refractivity contribution in [2.45, 2.75) is 13.0 Å². The number of hydrogen-bond donors (Lipinski definition) is 1. The largest absolute Gasteiger partial charge is 0.507 e. The first-order chi connectivity index (χ1) is 16.3. The number of thiazole rings is 1. The summed E-state index contributed by atoms with van der Waals surface area (Å²) < 4.78 is 9.94. The van der Waals surface area contributed by atoms with Crippen molar-refractivity contribution in [3.05, 3.63) is 80.8 Å². The molecule has 174 valence electrons. The number of esters is 1. The number of halogens is 1. The second-order valence-corrected chi connectivity index (χ2v) is 8.72. The van der Waals surface area contributed by atoms with Gasteiger partial charge in [-0.3, -0.25) is 14.5 Å². The second-order valence-electron chi connectivity index (χ2n) is 7.33. The summed E-state index contributed by atoms with van der Waals surface area (Å²) in [5.41, 5.74) is 1.07. The van der Waals surface area contributed by atoms with Crippen LogP contribution in [0.15, 0.2) is 54.1 Å². The lowest BCUT2D eigenvalue weighted by Gasteiger charge is -2.23. The van der Waals surface area contributed by atoms with E-state index in [-0.39, 0.29) is 31.9 Å². The molecule has 0 bridgehead atoms. The van der Waals surface area contributed by atoms with Gasteiger partial charge in [0.05, 0.1) is 36.6 Å². The lowest BCUT2D eigenvalue weighted by Crippen LogP contribution is -2.29. The smallest absolute Gasteiger partial charge is 0.350 e. The molecule has 0 radical (unpaired) electrons. The number of aliphatic hydroxyl groups is 1. The fourth-order valence-electron chi connectivity index (χ4n) is 3.72. The third-order valence-corrected chi connectivity index (χ3v) is 6.78. The Labute approximate surface area is 204 Å². The zero-order valence-electron chi connectivity index (χ0n) is 18.4. The summed E-state index contributed by atoms with van der Waals surface area (Å²) in [6, 6.07) is 12.3. The maximum absolute atomic E-state index is 13.2. The van der Waals surface area contributed by atoms with E-state index >= 15 is 0 Å². The summed E-state index contributed by atoms with van der Waals surface area (Å²) >= 11 is 7.15. The van der Waals surface area contributed by atoms with Crippen molar-refractivity contribution in [2.75, 3.05) is 19.1 Å². The van der Waals surface area contributed by atoms with Gasteiger partial charge in [-0.05, 0) is 30.7 Å². The van der Waals surface area contributed by atoms with E-state index in [1.807, 2.05) is 0 Å². The Bertz CT molecular complexity index is 1330. The van der Waals surface area contributed by atoms with E-state index in [1.54, 1.807) is 49.4 Å². The molecule has 1 fully saturated rings. The molecule has 0 saturated carbocycles. The van der Waals surface area contributed by atoms with Crippen LogP contribution in [-0.4, -0.2) is 42.0 Å². The SMILES string of the molecule is COC(=O)c1sc(N2C(=O)C(=O)C(=C(O)c3ccc(OC)c(Cl)c3)[C@@H]2c2ccccc2)nc1C. The number of carbonyl (C=O) groups is 3. The van der Waals surface area contributed by atoms with Gasteiger partial charge in [-0.25, -0.2) is 9.78 Å². The normalized spacial score (nSPS) is 17.2. The van der Waals surface area contributed by atoms with Gasteiger partial charge >= 0.3 is 11.9 Å². The summed E-state index contributed by atoms with van der Waals surface area (Å²) in [5, 5.41) is 11.5. The number of Topliss-reactive ketones (excluding diaryl/α,β-unsaturated/α-hetero) is 1. The predicted molar refractivity (Wildman–Crippen MR) is 127 cm³/mol. The Kier molecular flexibility index (Phi) is 6.41. The Balaban J connectivity index is 1.92. The number of rotatable bonds is 5. The van der Waals surface area contributed by atoms with Crippen LogP contribution in [0, 0.1) is 6.92 Å². The molecule has 3 aromatic rings. The fraction of sp³-hybridized carbons (Fsp3) is 0.167. The van der Waals surface area contributed by atoms with Gasteiger partial charge in [0.25, 0.3) is 5.78 Å². The lowest BCUT2D eigenvalue weighted by molar-refractivity contribution is -0.132. The Morgan fingerprint density at radius 3 is 2.47 bits per heavy atom. The van der Waals surface area contributed by atoms with Gasteiger partial charge in [-0.15, -0.1) is 0 Å². The molecule has 0 unspecified atom stereocenters. The van der Waals surface area contributed by atoms with Crippen molar-refractivity contribution in [3.63, 3.8) is 0 Å². The maximum atomic E-state index is 13.2. The Morgan fingerprint density at radius 2 is 1.85 bits per heavy atom. The van der Waals surface area contributed by atoms with E-state index in [0.29, 0.717) is 17.0 Å². The molecule has 10 heteroatoms. The molecule has 1 saturated heterocycles. The topological polar surface area (TPSA) is 106 Å². The minimum absolute atomic E-state index is 0.120. The van der Waals surface area contributed by atoms with Crippen molar-refractivity contribution in [3.8, 4) is 5.75 Å². The van der Waals surface area contributed by atoms with Crippen LogP contribution < -0.4 is 9.64 Å². The Morgan fingerprint density at radius 1 is 1.15 bits per heavy atom. The number of benzene rings is 2. The van der Waals surface area contributed by atoms with Crippen LogP contribution in [-0.2, 0) is 14.3 Å². The first-order valence-corrected chi connectivity index (χ1v) is 11.2. The molecule has 1 amide bonds. The number of methoxy groups -OCH3 is 2. The molecule has 1 aliphatic rings. The number of ketones is 1. The number of carbonyl (C=O) groups excluding carboxylic acids is 3. The average molecular weight is 499 g/mol. The Hall–Kier alpha value is -3.69. The quantitative estimate of drug-likeness (QED) is 0.238. The minimum Gasteiger partial charge on any atom is -0.507 e. The van der Waals surface area contributed by atoms with E-state index < -0.39 is 23.7 Å². The average Bonchev–Trinajstić information content (AvgIpc) is 3.35. The van der Waals surface area contributed by atoms with Crippen LogP contribution in [0.5, 0.6) is 5.75 Å². The van der Waals surface area contributed by atoms with E-state index in [0.717, 1.165) is 11.3 Å². The van der Waals surface area contributed by atoms with Crippen LogP contribution in [0.3, 0.4) is 0 Å². The van der Waals surface area contributed by atoms with Crippen LogP contribution in [0.4, 0.5) is 5.13 Å². The van der Waals surface area contributed by atoms with E-state index in [1.165, 1.54) is 25.2 Å². The van der Waals surface area contributed by atoms with E-state index in [4.69, 9.17) is 21.1 Å². The van der Waals surface area contributed by atoms with Gasteiger partial charge in [0.15, 0.2) is 5.13 Å². The molecule has 1 atom stereocenters. The molecule has 34 heavy (non-hydrogen) atoms. The van der Waals surface area contributed by atoms with Crippen LogP contribution >= 0.6 is 22.9 Å². The number of ether oxygens (including phenoxy) is 2. The highest BCUT2D eigenvalue weighted by atomic mass is 35.5. The van der Waals surface area contributed by atoms with E-state index in [9.17, 15) is 19.5 Å². The molecule has 8 nitrogen and oxygen atoms in total. The highest BCUT2D eigenvalue weighted by molar-refractivity contribution is 7.17. The number of anilines is 1. The first kappa shape index (κ1) is 23.5. The lowest BCUT2D eigenvalue weighted by atomic mass is 9.95. The molecule has 2 aromatic carbocycles. The van der Waals surface area contributed by atoms with Crippen LogP contribution in [0.25, 0.3) is 5.76 Å². The highest BCUT2D eigenvalue weighted by Crippen LogP contribution is 2.44. The standard InChI is InChI=1S/C24H19ClN2O6S/c1-12-21(23(31)33-3)34-24(26-12)27-18(13-7-5-4-6-8-13)17(20(29)22(27)30)19(28)14-9-10-16(32-2)15(25)11-14/h4-11,18,28H,1-3H3/t18-/m0/s1. The van der Waals surface area contributed by atoms with Crippen LogP contribution in [0.1, 0.15) is 32.5 Å². The number of amides is 1. The fourth-order valence-corrected chi connectivity index (χ4v) is 4.99. The summed E-state index contributed by atoms with van der Waals surface area (Å²) in [5.74, 6) is -2.35. The highest BCUT2D eigenvalue weighted by Gasteiger charge is 2.48. The van der Waals surface area contributed by atoms with Gasteiger partial charge in [-0.1, -0.05) is 53.3 Å². The third-order valence-electron chi connectivity index (χ3n) is 5.35. The number of aromatic nitrogens is 1. The molecular formula is C24H19ClN2O6S. The van der Waals surface area contributed by atoms with Gasteiger partial charge in [0, 0.05) is 5.56 Å². The van der Waals surface area contributed by atoms with Gasteiger partial charge in [-0.2, -0.15) is 0 Å². The van der Waals surface area contributed by atoms with Crippen molar-refractivity contribution in [1.29, 1.82) is 0 Å².